The topological polar surface area (TPSA) is 114 Å². The molecule has 0 radical (unpaired) electrons. The van der Waals surface area contributed by atoms with Crippen LogP contribution in [-0.4, -0.2) is 54.0 Å². The lowest BCUT2D eigenvalue weighted by molar-refractivity contribution is -0.149. The average Bonchev–Trinajstić information content (AvgIpc) is 3.40. The van der Waals surface area contributed by atoms with Crippen LogP contribution in [0.2, 0.25) is 0 Å². The molecule has 8 nitrogen and oxygen atoms in total. The molecule has 0 saturated carbocycles. The minimum Gasteiger partial charge on any atom is -0.480 e. The molecule has 1 saturated heterocycles. The van der Waals surface area contributed by atoms with Gasteiger partial charge in [0.1, 0.15) is 12.1 Å². The molecule has 1 aliphatic carbocycles. The van der Waals surface area contributed by atoms with Gasteiger partial charge in [0.25, 0.3) is 5.91 Å². The molecule has 0 bridgehead atoms. The Kier molecular flexibility index (Phi) is 6.88. The minimum absolute atomic E-state index is 0.0672. The van der Waals surface area contributed by atoms with Crippen molar-refractivity contribution in [3.8, 4) is 11.1 Å². The van der Waals surface area contributed by atoms with Crippen LogP contribution in [0.1, 0.15) is 50.2 Å². The van der Waals surface area contributed by atoms with E-state index in [-0.39, 0.29) is 25.6 Å². The monoisotopic (exact) mass is 466 g/mol. The number of carboxylic acid groups (broad SMARTS) is 1. The van der Waals surface area contributed by atoms with Crippen molar-refractivity contribution in [1.29, 1.82) is 0 Å². The van der Waals surface area contributed by atoms with Crippen LogP contribution in [0.5, 0.6) is 0 Å². The van der Waals surface area contributed by atoms with E-state index in [1.54, 1.807) is 0 Å². The summed E-state index contributed by atoms with van der Waals surface area (Å²) in [5, 5.41) is 14.9. The summed E-state index contributed by atoms with van der Waals surface area (Å²) in [5.41, 5.74) is 3.11. The number of ether oxygens (including phenoxy) is 2. The predicted octanol–water partition coefficient (Wildman–Crippen LogP) is 3.44. The summed E-state index contributed by atoms with van der Waals surface area (Å²) in [6.07, 6.45) is -0.304. The van der Waals surface area contributed by atoms with Gasteiger partial charge in [-0.15, -0.1) is 0 Å². The van der Waals surface area contributed by atoms with Crippen molar-refractivity contribution in [2.45, 2.75) is 56.7 Å². The molecule has 0 spiro atoms. The number of rotatable bonds is 8. The summed E-state index contributed by atoms with van der Waals surface area (Å²) in [6.45, 7) is 3.77. The molecule has 1 heterocycles. The minimum atomic E-state index is -1.40. The SMILES string of the molecule is CCCC(C)(NC(=O)[C@@H]1OCC[C@@H]1NC(=O)OCC1c2ccccc2-c2ccccc21)C(=O)O. The molecule has 0 aromatic heterocycles. The lowest BCUT2D eigenvalue weighted by atomic mass is 9.95. The predicted molar refractivity (Wildman–Crippen MR) is 125 cm³/mol. The van der Waals surface area contributed by atoms with Gasteiger partial charge in [0.2, 0.25) is 0 Å². The van der Waals surface area contributed by atoms with Crippen molar-refractivity contribution < 1.29 is 29.0 Å². The van der Waals surface area contributed by atoms with Gasteiger partial charge in [0, 0.05) is 12.5 Å². The van der Waals surface area contributed by atoms with Gasteiger partial charge in [-0.25, -0.2) is 9.59 Å². The maximum absolute atomic E-state index is 12.8. The molecule has 3 atom stereocenters. The third-order valence-corrected chi connectivity index (χ3v) is 6.62. The lowest BCUT2D eigenvalue weighted by Crippen LogP contribution is -2.57. The number of benzene rings is 2. The van der Waals surface area contributed by atoms with Crippen LogP contribution in [0, 0.1) is 0 Å². The van der Waals surface area contributed by atoms with E-state index in [4.69, 9.17) is 9.47 Å². The van der Waals surface area contributed by atoms with Crippen LogP contribution < -0.4 is 10.6 Å². The molecule has 2 aromatic rings. The highest BCUT2D eigenvalue weighted by Gasteiger charge is 2.41. The van der Waals surface area contributed by atoms with Crippen LogP contribution >= 0.6 is 0 Å². The first kappa shape index (κ1) is 23.8. The van der Waals surface area contributed by atoms with E-state index in [2.05, 4.69) is 22.8 Å². The van der Waals surface area contributed by atoms with E-state index in [0.29, 0.717) is 12.8 Å². The first-order valence-electron chi connectivity index (χ1n) is 11.6. The zero-order chi connectivity index (χ0) is 24.3. The number of amides is 2. The summed E-state index contributed by atoms with van der Waals surface area (Å²) < 4.78 is 11.1. The molecule has 34 heavy (non-hydrogen) atoms. The average molecular weight is 467 g/mol. The van der Waals surface area contributed by atoms with E-state index in [9.17, 15) is 19.5 Å². The molecule has 2 aliphatic rings. The second kappa shape index (κ2) is 9.85. The summed E-state index contributed by atoms with van der Waals surface area (Å²) in [7, 11) is 0. The second-order valence-corrected chi connectivity index (χ2v) is 9.03. The quantitative estimate of drug-likeness (QED) is 0.549. The van der Waals surface area contributed by atoms with E-state index in [1.807, 2.05) is 43.3 Å². The summed E-state index contributed by atoms with van der Waals surface area (Å²) >= 11 is 0. The van der Waals surface area contributed by atoms with Crippen molar-refractivity contribution >= 4 is 18.0 Å². The van der Waals surface area contributed by atoms with Gasteiger partial charge in [-0.2, -0.15) is 0 Å². The molecule has 2 aromatic carbocycles. The summed E-state index contributed by atoms with van der Waals surface area (Å²) in [5.74, 6) is -1.73. The molecular weight excluding hydrogens is 436 g/mol. The Bertz CT molecular complexity index is 1040. The van der Waals surface area contributed by atoms with E-state index in [1.165, 1.54) is 6.92 Å². The van der Waals surface area contributed by atoms with Crippen LogP contribution in [0.4, 0.5) is 4.79 Å². The molecule has 1 aliphatic heterocycles. The fourth-order valence-corrected chi connectivity index (χ4v) is 4.85. The first-order valence-corrected chi connectivity index (χ1v) is 11.6. The van der Waals surface area contributed by atoms with Crippen LogP contribution in [0.15, 0.2) is 48.5 Å². The van der Waals surface area contributed by atoms with Gasteiger partial charge >= 0.3 is 12.1 Å². The number of carbonyl (C=O) groups is 3. The van der Waals surface area contributed by atoms with Gasteiger partial charge in [-0.3, -0.25) is 4.79 Å². The van der Waals surface area contributed by atoms with Gasteiger partial charge in [0.15, 0.2) is 6.10 Å². The number of hydrogen-bond acceptors (Lipinski definition) is 5. The molecule has 3 N–H and O–H groups in total. The first-order chi connectivity index (χ1) is 16.3. The van der Waals surface area contributed by atoms with Gasteiger partial charge in [0.05, 0.1) is 6.04 Å². The normalized spacial score (nSPS) is 20.6. The third kappa shape index (κ3) is 4.63. The number of nitrogens with one attached hydrogen (secondary N) is 2. The van der Waals surface area contributed by atoms with E-state index < -0.39 is 35.7 Å². The number of alkyl carbamates (subject to hydrolysis) is 1. The van der Waals surface area contributed by atoms with Gasteiger partial charge in [-0.1, -0.05) is 61.9 Å². The number of fused-ring (bicyclic) bond motifs is 3. The Morgan fingerprint density at radius 2 is 1.71 bits per heavy atom. The Labute approximate surface area is 198 Å². The Hall–Kier alpha value is -3.39. The van der Waals surface area contributed by atoms with Gasteiger partial charge in [-0.05, 0) is 42.0 Å². The zero-order valence-electron chi connectivity index (χ0n) is 19.4. The molecule has 2 amide bonds. The van der Waals surface area contributed by atoms with Crippen molar-refractivity contribution in [3.05, 3.63) is 59.7 Å². The number of hydrogen-bond donors (Lipinski definition) is 3. The molecule has 8 heteroatoms. The maximum Gasteiger partial charge on any atom is 0.407 e. The fraction of sp³-hybridized carbons (Fsp3) is 0.423. The highest BCUT2D eigenvalue weighted by atomic mass is 16.6. The highest BCUT2D eigenvalue weighted by molar-refractivity contribution is 5.89. The third-order valence-electron chi connectivity index (χ3n) is 6.62. The largest absolute Gasteiger partial charge is 0.480 e. The van der Waals surface area contributed by atoms with Crippen molar-refractivity contribution in [2.75, 3.05) is 13.2 Å². The van der Waals surface area contributed by atoms with Crippen LogP contribution in [-0.2, 0) is 19.1 Å². The molecule has 4 rings (SSSR count). The zero-order valence-corrected chi connectivity index (χ0v) is 19.4. The van der Waals surface area contributed by atoms with E-state index in [0.717, 1.165) is 22.3 Å². The molecule has 180 valence electrons. The van der Waals surface area contributed by atoms with Crippen molar-refractivity contribution in [3.63, 3.8) is 0 Å². The van der Waals surface area contributed by atoms with Crippen molar-refractivity contribution in [1.82, 2.24) is 10.6 Å². The fourth-order valence-electron chi connectivity index (χ4n) is 4.85. The Balaban J connectivity index is 1.38. The molecular formula is C26H30N2O6. The molecule has 1 fully saturated rings. The lowest BCUT2D eigenvalue weighted by Gasteiger charge is -2.28. The second-order valence-electron chi connectivity index (χ2n) is 9.03. The summed E-state index contributed by atoms with van der Waals surface area (Å²) in [4.78, 5) is 37.1. The van der Waals surface area contributed by atoms with Crippen molar-refractivity contribution in [2.24, 2.45) is 0 Å². The number of carbonyl (C=O) groups excluding carboxylic acids is 2. The number of aliphatic carboxylic acids is 1. The number of carboxylic acids is 1. The standard InChI is InChI=1S/C26H30N2O6/c1-3-13-26(2,24(30)31)28-23(29)22-21(12-14-33-22)27-25(32)34-15-20-18-10-6-4-8-16(18)17-9-5-7-11-19(17)20/h4-11,20-22H,3,12-15H2,1-2H3,(H,27,32)(H,28,29)(H,30,31)/t21-,22+,26?/m0/s1. The highest BCUT2D eigenvalue weighted by Crippen LogP contribution is 2.44. The van der Waals surface area contributed by atoms with Gasteiger partial charge < -0.3 is 25.2 Å². The van der Waals surface area contributed by atoms with Crippen LogP contribution in [0.25, 0.3) is 11.1 Å². The Morgan fingerprint density at radius 1 is 1.09 bits per heavy atom. The molecule has 1 unspecified atom stereocenters. The van der Waals surface area contributed by atoms with Crippen LogP contribution in [0.3, 0.4) is 0 Å². The smallest absolute Gasteiger partial charge is 0.407 e. The maximum atomic E-state index is 12.8. The summed E-state index contributed by atoms with van der Waals surface area (Å²) in [6, 6.07) is 15.5. The Morgan fingerprint density at radius 3 is 2.29 bits per heavy atom. The van der Waals surface area contributed by atoms with E-state index >= 15 is 0 Å².